The van der Waals surface area contributed by atoms with Crippen molar-refractivity contribution in [3.8, 4) is 17.5 Å². The van der Waals surface area contributed by atoms with Gasteiger partial charge in [0.25, 0.3) is 0 Å². The molecule has 0 amide bonds. The first-order valence-corrected chi connectivity index (χ1v) is 11.9. The number of nitrogens with zero attached hydrogens (tertiary/aromatic N) is 5. The van der Waals surface area contributed by atoms with E-state index < -0.39 is 0 Å². The lowest BCUT2D eigenvalue weighted by Crippen LogP contribution is -2.07. The van der Waals surface area contributed by atoms with Crippen molar-refractivity contribution in [1.29, 1.82) is 5.26 Å². The van der Waals surface area contributed by atoms with E-state index in [2.05, 4.69) is 28.4 Å². The van der Waals surface area contributed by atoms with E-state index in [-0.39, 0.29) is 0 Å². The van der Waals surface area contributed by atoms with E-state index in [1.54, 1.807) is 16.6 Å². The van der Waals surface area contributed by atoms with E-state index in [0.717, 1.165) is 51.6 Å². The van der Waals surface area contributed by atoms with Gasteiger partial charge < -0.3 is 4.74 Å². The molecule has 0 bridgehead atoms. The number of ether oxygens (including phenoxy) is 1. The van der Waals surface area contributed by atoms with Gasteiger partial charge in [-0.25, -0.2) is 4.98 Å². The maximum Gasteiger partial charge on any atom is 0.146 e. The Morgan fingerprint density at radius 1 is 1.06 bits per heavy atom. The Bertz CT molecular complexity index is 1290. The lowest BCUT2D eigenvalue weighted by molar-refractivity contribution is 0.337. The summed E-state index contributed by atoms with van der Waals surface area (Å²) in [6.45, 7) is 2.53. The molecule has 0 unspecified atom stereocenters. The predicted molar refractivity (Wildman–Crippen MR) is 125 cm³/mol. The normalized spacial score (nSPS) is 13.0. The van der Waals surface area contributed by atoms with Gasteiger partial charge >= 0.3 is 0 Å². The van der Waals surface area contributed by atoms with E-state index in [1.807, 2.05) is 43.3 Å². The Morgan fingerprint density at radius 2 is 1.84 bits per heavy atom. The van der Waals surface area contributed by atoms with Gasteiger partial charge in [0.05, 0.1) is 12.2 Å². The van der Waals surface area contributed by atoms with Crippen molar-refractivity contribution >= 4 is 22.8 Å². The molecule has 0 saturated heterocycles. The van der Waals surface area contributed by atoms with Gasteiger partial charge in [0.2, 0.25) is 0 Å². The molecule has 160 valence electrons. The first-order valence-electron chi connectivity index (χ1n) is 10.9. The molecule has 5 rings (SSSR count). The molecular formula is C25H23N5OS. The smallest absolute Gasteiger partial charge is 0.146 e. The number of hydrogen-bond donors (Lipinski definition) is 0. The van der Waals surface area contributed by atoms with Gasteiger partial charge in [-0.3, -0.25) is 0 Å². The molecule has 0 N–H and O–H groups in total. The van der Waals surface area contributed by atoms with E-state index in [9.17, 15) is 5.26 Å². The average molecular weight is 442 g/mol. The highest BCUT2D eigenvalue weighted by atomic mass is 32.2. The summed E-state index contributed by atoms with van der Waals surface area (Å²) in [6, 6.07) is 18.2. The lowest BCUT2D eigenvalue weighted by Gasteiger charge is -2.16. The third kappa shape index (κ3) is 4.06. The van der Waals surface area contributed by atoms with E-state index in [0.29, 0.717) is 17.9 Å². The van der Waals surface area contributed by atoms with Crippen molar-refractivity contribution in [2.45, 2.75) is 43.4 Å². The molecule has 4 aromatic rings. The minimum atomic E-state index is 0.562. The van der Waals surface area contributed by atoms with Crippen molar-refractivity contribution in [3.05, 3.63) is 70.9 Å². The van der Waals surface area contributed by atoms with E-state index in [4.69, 9.17) is 9.72 Å². The summed E-state index contributed by atoms with van der Waals surface area (Å²) >= 11 is 1.60. The second-order valence-corrected chi connectivity index (χ2v) is 8.73. The Balaban J connectivity index is 1.45. The first kappa shape index (κ1) is 20.5. The van der Waals surface area contributed by atoms with Crippen LogP contribution in [0.2, 0.25) is 0 Å². The van der Waals surface area contributed by atoms with Gasteiger partial charge in [0.15, 0.2) is 0 Å². The molecule has 0 aliphatic heterocycles. The van der Waals surface area contributed by atoms with Gasteiger partial charge in [-0.15, -0.1) is 26.8 Å². The highest BCUT2D eigenvalue weighted by Gasteiger charge is 2.16. The van der Waals surface area contributed by atoms with Gasteiger partial charge in [0.1, 0.15) is 33.6 Å². The topological polar surface area (TPSA) is 76.6 Å². The number of pyridine rings is 1. The van der Waals surface area contributed by atoms with Crippen LogP contribution in [0.1, 0.15) is 42.1 Å². The fourth-order valence-corrected chi connectivity index (χ4v) is 4.93. The minimum Gasteiger partial charge on any atom is -0.492 e. The van der Waals surface area contributed by atoms with E-state index >= 15 is 0 Å². The van der Waals surface area contributed by atoms with Crippen molar-refractivity contribution in [1.82, 2.24) is 20.0 Å². The summed E-state index contributed by atoms with van der Waals surface area (Å²) in [6.07, 6.45) is 4.37. The van der Waals surface area contributed by atoms with Gasteiger partial charge in [-0.1, -0.05) is 18.2 Å². The number of benzene rings is 2. The molecule has 0 saturated carbocycles. The van der Waals surface area contributed by atoms with Crippen LogP contribution in [0.4, 0.5) is 0 Å². The highest BCUT2D eigenvalue weighted by Crippen LogP contribution is 2.31. The van der Waals surface area contributed by atoms with Crippen LogP contribution in [0.5, 0.6) is 5.75 Å². The number of aromatic nitrogens is 4. The van der Waals surface area contributed by atoms with Crippen molar-refractivity contribution < 1.29 is 4.74 Å². The molecule has 1 aliphatic rings. The summed E-state index contributed by atoms with van der Waals surface area (Å²) in [5.41, 5.74) is 6.63. The molecule has 2 aromatic carbocycles. The maximum atomic E-state index is 9.63. The molecule has 2 heterocycles. The third-order valence-electron chi connectivity index (χ3n) is 5.59. The predicted octanol–water partition coefficient (Wildman–Crippen LogP) is 5.26. The second kappa shape index (κ2) is 9.01. The molecule has 1 aliphatic carbocycles. The van der Waals surface area contributed by atoms with Crippen LogP contribution in [0.15, 0.2) is 53.6 Å². The minimum absolute atomic E-state index is 0.562. The SMILES string of the molecule is CCOc1ccc(CSc2nc3c(cc2C#N)CCCC3)cc1-n1nc2ccccc2n1. The molecule has 0 atom stereocenters. The quantitative estimate of drug-likeness (QED) is 0.380. The zero-order valence-corrected chi connectivity index (χ0v) is 18.7. The summed E-state index contributed by atoms with van der Waals surface area (Å²) in [5.74, 6) is 1.44. The molecule has 32 heavy (non-hydrogen) atoms. The van der Waals surface area contributed by atoms with Crippen molar-refractivity contribution in [2.24, 2.45) is 0 Å². The Hall–Kier alpha value is -3.37. The molecule has 2 aromatic heterocycles. The standard InChI is InChI=1S/C25H23N5OS/c1-2-31-24-12-11-17(13-23(24)30-28-21-9-5-6-10-22(21)29-30)16-32-25-19(15-26)14-18-7-3-4-8-20(18)27-25/h5-6,9-14H,2-4,7-8,16H2,1H3. The number of nitriles is 1. The van der Waals surface area contributed by atoms with Gasteiger partial charge in [-0.2, -0.15) is 5.26 Å². The Labute approximate surface area is 191 Å². The largest absolute Gasteiger partial charge is 0.492 e. The van der Waals surface area contributed by atoms with Crippen LogP contribution < -0.4 is 4.74 Å². The fraction of sp³-hybridized carbons (Fsp3) is 0.280. The van der Waals surface area contributed by atoms with Crippen LogP contribution in [-0.4, -0.2) is 26.6 Å². The number of rotatable bonds is 6. The summed E-state index contributed by atoms with van der Waals surface area (Å²) in [4.78, 5) is 6.48. The summed E-state index contributed by atoms with van der Waals surface area (Å²) < 4.78 is 5.84. The number of fused-ring (bicyclic) bond motifs is 2. The first-order chi connectivity index (χ1) is 15.7. The lowest BCUT2D eigenvalue weighted by atomic mass is 9.95. The molecule has 0 spiro atoms. The molecular weight excluding hydrogens is 418 g/mol. The Morgan fingerprint density at radius 3 is 2.59 bits per heavy atom. The summed E-state index contributed by atoms with van der Waals surface area (Å²) in [7, 11) is 0. The van der Waals surface area contributed by atoms with Crippen LogP contribution in [-0.2, 0) is 18.6 Å². The third-order valence-corrected chi connectivity index (χ3v) is 6.65. The van der Waals surface area contributed by atoms with Crippen molar-refractivity contribution in [2.75, 3.05) is 6.61 Å². The monoisotopic (exact) mass is 441 g/mol. The van der Waals surface area contributed by atoms with Crippen LogP contribution >= 0.6 is 11.8 Å². The van der Waals surface area contributed by atoms with Gasteiger partial charge in [0, 0.05) is 11.4 Å². The maximum absolute atomic E-state index is 9.63. The zero-order chi connectivity index (χ0) is 21.9. The van der Waals surface area contributed by atoms with Crippen molar-refractivity contribution in [3.63, 3.8) is 0 Å². The zero-order valence-electron chi connectivity index (χ0n) is 17.9. The molecule has 0 radical (unpaired) electrons. The number of aryl methyl sites for hydroxylation is 2. The fourth-order valence-electron chi connectivity index (χ4n) is 4.01. The average Bonchev–Trinajstić information content (AvgIpc) is 3.27. The second-order valence-electron chi connectivity index (χ2n) is 7.77. The highest BCUT2D eigenvalue weighted by molar-refractivity contribution is 7.98. The van der Waals surface area contributed by atoms with Gasteiger partial charge in [-0.05, 0) is 74.1 Å². The molecule has 6 nitrogen and oxygen atoms in total. The number of hydrogen-bond acceptors (Lipinski definition) is 6. The Kier molecular flexibility index (Phi) is 5.78. The van der Waals surface area contributed by atoms with Crippen LogP contribution in [0, 0.1) is 11.3 Å². The van der Waals surface area contributed by atoms with Crippen LogP contribution in [0.3, 0.4) is 0 Å². The van der Waals surface area contributed by atoms with Crippen LogP contribution in [0.25, 0.3) is 16.7 Å². The summed E-state index contributed by atoms with van der Waals surface area (Å²) in [5, 5.41) is 19.7. The molecule has 0 fully saturated rings. The molecule has 7 heteroatoms. The van der Waals surface area contributed by atoms with E-state index in [1.165, 1.54) is 18.4 Å². The number of thioether (sulfide) groups is 1.